The van der Waals surface area contributed by atoms with Crippen molar-refractivity contribution in [3.05, 3.63) is 60.2 Å². The van der Waals surface area contributed by atoms with Crippen LogP contribution < -0.4 is 25.6 Å². The van der Waals surface area contributed by atoms with Gasteiger partial charge in [-0.15, -0.1) is 0 Å². The smallest absolute Gasteiger partial charge is 0.232 e. The molecule has 2 aromatic carbocycles. The highest BCUT2D eigenvalue weighted by Gasteiger charge is 2.22. The number of nitrogens with one attached hydrogen (secondary N) is 2. The van der Waals surface area contributed by atoms with Crippen LogP contribution in [0.15, 0.2) is 48.5 Å². The van der Waals surface area contributed by atoms with Crippen molar-refractivity contribution in [1.82, 2.24) is 15.0 Å². The summed E-state index contributed by atoms with van der Waals surface area (Å²) in [4.78, 5) is 16.7. The van der Waals surface area contributed by atoms with Gasteiger partial charge in [0.15, 0.2) is 5.82 Å². The number of piperazine rings is 1. The van der Waals surface area contributed by atoms with Gasteiger partial charge >= 0.3 is 0 Å². The molecule has 1 aromatic heterocycles. The fraction of sp³-hybridized carbons (Fsp3) is 0.286. The first-order valence-electron chi connectivity index (χ1n) is 9.84. The van der Waals surface area contributed by atoms with Crippen LogP contribution in [0.1, 0.15) is 5.82 Å². The third-order valence-electron chi connectivity index (χ3n) is 5.12. The number of benzene rings is 2. The van der Waals surface area contributed by atoms with E-state index in [4.69, 9.17) is 10.5 Å². The second kappa shape index (κ2) is 8.91. The van der Waals surface area contributed by atoms with Gasteiger partial charge in [0.05, 0.1) is 33.3 Å². The molecule has 2 heterocycles. The van der Waals surface area contributed by atoms with Crippen molar-refractivity contribution in [2.24, 2.45) is 0 Å². The van der Waals surface area contributed by atoms with E-state index in [2.05, 4.69) is 37.3 Å². The SMILES string of the molecule is COc1ccc(N2CC[NH+](Cc3nc(N)nc(Nc4ccc(F)cc4)n3)CC2)cc1. The summed E-state index contributed by atoms with van der Waals surface area (Å²) in [7, 11) is 1.67. The van der Waals surface area contributed by atoms with Gasteiger partial charge in [-0.05, 0) is 48.5 Å². The number of nitrogens with two attached hydrogens (primary N) is 1. The molecule has 30 heavy (non-hydrogen) atoms. The van der Waals surface area contributed by atoms with Gasteiger partial charge in [-0.25, -0.2) is 4.39 Å². The van der Waals surface area contributed by atoms with Gasteiger partial charge in [0.2, 0.25) is 11.9 Å². The monoisotopic (exact) mass is 410 g/mol. The van der Waals surface area contributed by atoms with Gasteiger partial charge in [-0.3, -0.25) is 0 Å². The second-order valence-electron chi connectivity index (χ2n) is 7.18. The number of methoxy groups -OCH3 is 1. The molecule has 0 aliphatic carbocycles. The first-order chi connectivity index (χ1) is 14.6. The Kier molecular flexibility index (Phi) is 5.89. The van der Waals surface area contributed by atoms with Crippen LogP contribution >= 0.6 is 0 Å². The van der Waals surface area contributed by atoms with Crippen LogP contribution in [0.25, 0.3) is 0 Å². The molecular formula is C21H25FN7O+. The lowest BCUT2D eigenvalue weighted by atomic mass is 10.2. The minimum absolute atomic E-state index is 0.167. The molecule has 0 atom stereocenters. The lowest BCUT2D eigenvalue weighted by Gasteiger charge is -2.33. The number of rotatable bonds is 6. The summed E-state index contributed by atoms with van der Waals surface area (Å²) in [5.41, 5.74) is 7.76. The Hall–Kier alpha value is -3.46. The van der Waals surface area contributed by atoms with Crippen LogP contribution in [0.5, 0.6) is 5.75 Å². The molecule has 8 nitrogen and oxygen atoms in total. The van der Waals surface area contributed by atoms with Crippen molar-refractivity contribution < 1.29 is 14.0 Å². The van der Waals surface area contributed by atoms with Crippen molar-refractivity contribution in [3.8, 4) is 5.75 Å². The van der Waals surface area contributed by atoms with Crippen LogP contribution in [-0.4, -0.2) is 48.2 Å². The van der Waals surface area contributed by atoms with Crippen molar-refractivity contribution in [2.75, 3.05) is 49.2 Å². The second-order valence-corrected chi connectivity index (χ2v) is 7.18. The Morgan fingerprint density at radius 3 is 2.40 bits per heavy atom. The quantitative estimate of drug-likeness (QED) is 0.563. The Labute approximate surface area is 174 Å². The number of ether oxygens (including phenoxy) is 1. The highest BCUT2D eigenvalue weighted by Crippen LogP contribution is 2.19. The van der Waals surface area contributed by atoms with Gasteiger partial charge in [0.1, 0.15) is 18.1 Å². The van der Waals surface area contributed by atoms with E-state index in [0.29, 0.717) is 24.0 Å². The average molecular weight is 410 g/mol. The molecule has 0 saturated carbocycles. The van der Waals surface area contributed by atoms with E-state index >= 15 is 0 Å². The minimum Gasteiger partial charge on any atom is -0.497 e. The van der Waals surface area contributed by atoms with Crippen LogP contribution in [0.3, 0.4) is 0 Å². The molecule has 0 bridgehead atoms. The lowest BCUT2D eigenvalue weighted by Crippen LogP contribution is -3.13. The number of quaternary nitrogens is 1. The van der Waals surface area contributed by atoms with Gasteiger partial charge in [-0.2, -0.15) is 15.0 Å². The van der Waals surface area contributed by atoms with Gasteiger partial charge in [0, 0.05) is 11.4 Å². The molecule has 4 rings (SSSR count). The average Bonchev–Trinajstić information content (AvgIpc) is 2.76. The summed E-state index contributed by atoms with van der Waals surface area (Å²) in [5.74, 6) is 1.73. The summed E-state index contributed by atoms with van der Waals surface area (Å²) >= 11 is 0. The maximum atomic E-state index is 13.1. The van der Waals surface area contributed by atoms with Crippen LogP contribution in [0.4, 0.5) is 27.7 Å². The van der Waals surface area contributed by atoms with Crippen molar-refractivity contribution in [1.29, 1.82) is 0 Å². The van der Waals surface area contributed by atoms with E-state index in [1.807, 2.05) is 12.1 Å². The summed E-state index contributed by atoms with van der Waals surface area (Å²) in [6.45, 7) is 4.50. The number of nitrogen functional groups attached to an aromatic ring is 1. The zero-order valence-electron chi connectivity index (χ0n) is 16.8. The molecule has 1 aliphatic heterocycles. The minimum atomic E-state index is -0.297. The third kappa shape index (κ3) is 4.93. The molecule has 156 valence electrons. The van der Waals surface area contributed by atoms with Crippen LogP contribution in [0.2, 0.25) is 0 Å². The van der Waals surface area contributed by atoms with Gasteiger partial charge < -0.3 is 25.6 Å². The molecule has 0 radical (unpaired) electrons. The molecular weight excluding hydrogens is 385 g/mol. The standard InChI is InChI=1S/C21H24FN7O/c1-30-18-8-6-17(7-9-18)29-12-10-28(11-13-29)14-19-25-20(23)27-21(26-19)24-16-4-2-15(22)3-5-16/h2-9H,10-14H2,1H3,(H3,23,24,25,26,27)/p+1. The highest BCUT2D eigenvalue weighted by atomic mass is 19.1. The van der Waals surface area contributed by atoms with E-state index in [0.717, 1.165) is 31.9 Å². The summed E-state index contributed by atoms with van der Waals surface area (Å²) in [6.07, 6.45) is 0. The molecule has 0 amide bonds. The highest BCUT2D eigenvalue weighted by molar-refractivity contribution is 5.53. The molecule has 9 heteroatoms. The largest absolute Gasteiger partial charge is 0.497 e. The maximum Gasteiger partial charge on any atom is 0.232 e. The molecule has 4 N–H and O–H groups in total. The predicted molar refractivity (Wildman–Crippen MR) is 114 cm³/mol. The molecule has 1 saturated heterocycles. The van der Waals surface area contributed by atoms with E-state index in [9.17, 15) is 4.39 Å². The fourth-order valence-electron chi connectivity index (χ4n) is 3.51. The first kappa shape index (κ1) is 19.8. The molecule has 1 aliphatic rings. The molecule has 3 aromatic rings. The first-order valence-corrected chi connectivity index (χ1v) is 9.84. The van der Waals surface area contributed by atoms with Gasteiger partial charge in [0.25, 0.3) is 0 Å². The lowest BCUT2D eigenvalue weighted by molar-refractivity contribution is -0.915. The Balaban J connectivity index is 1.36. The number of aromatic nitrogens is 3. The molecule has 0 spiro atoms. The van der Waals surface area contributed by atoms with E-state index < -0.39 is 0 Å². The van der Waals surface area contributed by atoms with E-state index in [1.54, 1.807) is 19.2 Å². The zero-order chi connectivity index (χ0) is 20.9. The summed E-state index contributed by atoms with van der Waals surface area (Å²) in [5, 5.41) is 3.05. The number of nitrogens with zero attached hydrogens (tertiary/aromatic N) is 4. The van der Waals surface area contributed by atoms with E-state index in [1.165, 1.54) is 22.7 Å². The predicted octanol–water partition coefficient (Wildman–Crippen LogP) is 1.25. The topological polar surface area (TPSA) is 93.6 Å². The normalized spacial score (nSPS) is 14.5. The molecule has 1 fully saturated rings. The number of hydrogen-bond donors (Lipinski definition) is 3. The Morgan fingerprint density at radius 1 is 1.03 bits per heavy atom. The zero-order valence-corrected chi connectivity index (χ0v) is 16.8. The van der Waals surface area contributed by atoms with Crippen molar-refractivity contribution in [2.45, 2.75) is 6.54 Å². The Morgan fingerprint density at radius 2 is 1.73 bits per heavy atom. The summed E-state index contributed by atoms with van der Waals surface area (Å²) < 4.78 is 18.3. The van der Waals surface area contributed by atoms with Crippen molar-refractivity contribution in [3.63, 3.8) is 0 Å². The number of anilines is 4. The van der Waals surface area contributed by atoms with E-state index in [-0.39, 0.29) is 11.8 Å². The molecule has 0 unspecified atom stereocenters. The number of hydrogen-bond acceptors (Lipinski definition) is 7. The summed E-state index contributed by atoms with van der Waals surface area (Å²) in [6, 6.07) is 14.1. The van der Waals surface area contributed by atoms with Crippen molar-refractivity contribution >= 4 is 23.3 Å². The third-order valence-corrected chi connectivity index (χ3v) is 5.12. The Bertz CT molecular complexity index is 974. The maximum absolute atomic E-state index is 13.1. The van der Waals surface area contributed by atoms with Crippen LogP contribution in [0, 0.1) is 5.82 Å². The number of halogens is 1. The fourth-order valence-corrected chi connectivity index (χ4v) is 3.51. The van der Waals surface area contributed by atoms with Gasteiger partial charge in [-0.1, -0.05) is 0 Å². The van der Waals surface area contributed by atoms with Crippen LogP contribution in [-0.2, 0) is 6.54 Å².